The Hall–Kier alpha value is -2.82. The smallest absolute Gasteiger partial charge is 0.228 e. The number of benzene rings is 2. The molecule has 1 fully saturated rings. The molecule has 2 atom stereocenters. The van der Waals surface area contributed by atoms with E-state index >= 15 is 0 Å². The van der Waals surface area contributed by atoms with Crippen molar-refractivity contribution in [3.8, 4) is 5.75 Å². The van der Waals surface area contributed by atoms with E-state index in [9.17, 15) is 9.59 Å². The monoisotopic (exact) mass is 352 g/mol. The van der Waals surface area contributed by atoms with E-state index in [4.69, 9.17) is 4.74 Å². The van der Waals surface area contributed by atoms with Crippen LogP contribution in [0.25, 0.3) is 0 Å². The van der Waals surface area contributed by atoms with E-state index in [-0.39, 0.29) is 23.7 Å². The molecular weight excluding hydrogens is 328 g/mol. The topological polar surface area (TPSA) is 67.4 Å². The molecule has 5 nitrogen and oxygen atoms in total. The Morgan fingerprint density at radius 3 is 2.38 bits per heavy atom. The molecule has 0 aromatic heterocycles. The predicted octanol–water partition coefficient (Wildman–Crippen LogP) is 3.92. The van der Waals surface area contributed by atoms with Crippen LogP contribution < -0.4 is 15.4 Å². The second kappa shape index (κ2) is 7.60. The first-order chi connectivity index (χ1) is 12.5. The van der Waals surface area contributed by atoms with Gasteiger partial charge >= 0.3 is 0 Å². The Morgan fingerprint density at radius 2 is 1.69 bits per heavy atom. The minimum Gasteiger partial charge on any atom is -0.492 e. The quantitative estimate of drug-likeness (QED) is 0.828. The maximum absolute atomic E-state index is 12.5. The van der Waals surface area contributed by atoms with Gasteiger partial charge in [0, 0.05) is 5.69 Å². The summed E-state index contributed by atoms with van der Waals surface area (Å²) in [6.45, 7) is 6.46. The summed E-state index contributed by atoms with van der Waals surface area (Å²) in [5.41, 5.74) is 3.71. The highest BCUT2D eigenvalue weighted by Gasteiger charge is 2.48. The fourth-order valence-electron chi connectivity index (χ4n) is 2.91. The molecule has 2 unspecified atom stereocenters. The Labute approximate surface area is 153 Å². The highest BCUT2D eigenvalue weighted by atomic mass is 16.5. The Balaban J connectivity index is 1.58. The van der Waals surface area contributed by atoms with Gasteiger partial charge in [-0.15, -0.1) is 0 Å². The number of ether oxygens (including phenoxy) is 1. The fourth-order valence-corrected chi connectivity index (χ4v) is 2.91. The average Bonchev–Trinajstić information content (AvgIpc) is 3.41. The lowest BCUT2D eigenvalue weighted by atomic mass is 10.1. The molecule has 0 spiro atoms. The second-order valence-corrected chi connectivity index (χ2v) is 6.66. The van der Waals surface area contributed by atoms with Gasteiger partial charge in [-0.05, 0) is 62.6 Å². The van der Waals surface area contributed by atoms with Gasteiger partial charge in [0.2, 0.25) is 11.8 Å². The summed E-state index contributed by atoms with van der Waals surface area (Å²) in [4.78, 5) is 24.8. The summed E-state index contributed by atoms with van der Waals surface area (Å²) in [6, 6.07) is 13.1. The molecule has 2 aromatic carbocycles. The number of para-hydroxylation sites is 2. The number of nitrogens with one attached hydrogen (secondary N) is 2. The summed E-state index contributed by atoms with van der Waals surface area (Å²) < 4.78 is 5.52. The third-order valence-corrected chi connectivity index (χ3v) is 4.68. The van der Waals surface area contributed by atoms with Crippen molar-refractivity contribution in [3.63, 3.8) is 0 Å². The van der Waals surface area contributed by atoms with Crippen molar-refractivity contribution in [2.24, 2.45) is 11.8 Å². The molecule has 1 aliphatic rings. The molecule has 2 amide bonds. The number of carbonyl (C=O) groups is 2. The van der Waals surface area contributed by atoms with Gasteiger partial charge < -0.3 is 15.4 Å². The van der Waals surface area contributed by atoms with E-state index in [2.05, 4.69) is 10.6 Å². The first kappa shape index (κ1) is 18.0. The zero-order chi connectivity index (χ0) is 18.7. The fraction of sp³-hybridized carbons (Fsp3) is 0.333. The van der Waals surface area contributed by atoms with Crippen LogP contribution in [0.1, 0.15) is 24.5 Å². The van der Waals surface area contributed by atoms with Crippen LogP contribution in [0.4, 0.5) is 11.4 Å². The summed E-state index contributed by atoms with van der Waals surface area (Å²) >= 11 is 0. The minimum absolute atomic E-state index is 0.105. The van der Waals surface area contributed by atoms with Gasteiger partial charge in [-0.3, -0.25) is 9.59 Å². The molecule has 2 aromatic rings. The number of amides is 2. The number of aryl methyl sites for hydroxylation is 2. The van der Waals surface area contributed by atoms with Crippen molar-refractivity contribution < 1.29 is 14.3 Å². The Bertz CT molecular complexity index is 832. The molecule has 5 heteroatoms. The van der Waals surface area contributed by atoms with Crippen molar-refractivity contribution in [3.05, 3.63) is 53.6 Å². The van der Waals surface area contributed by atoms with Gasteiger partial charge in [0.1, 0.15) is 5.75 Å². The van der Waals surface area contributed by atoms with E-state index in [0.29, 0.717) is 24.5 Å². The molecule has 0 heterocycles. The summed E-state index contributed by atoms with van der Waals surface area (Å²) in [6.07, 6.45) is 0.569. The highest BCUT2D eigenvalue weighted by Crippen LogP contribution is 2.41. The molecule has 0 radical (unpaired) electrons. The van der Waals surface area contributed by atoms with Gasteiger partial charge in [0.05, 0.1) is 24.1 Å². The lowest BCUT2D eigenvalue weighted by Crippen LogP contribution is -2.21. The first-order valence-corrected chi connectivity index (χ1v) is 8.90. The van der Waals surface area contributed by atoms with Gasteiger partial charge in [-0.1, -0.05) is 18.2 Å². The first-order valence-electron chi connectivity index (χ1n) is 8.90. The summed E-state index contributed by atoms with van der Waals surface area (Å²) in [5.74, 6) is -0.184. The molecule has 136 valence electrons. The predicted molar refractivity (Wildman–Crippen MR) is 102 cm³/mol. The van der Waals surface area contributed by atoms with Gasteiger partial charge in [-0.2, -0.15) is 0 Å². The molecule has 26 heavy (non-hydrogen) atoms. The van der Waals surface area contributed by atoms with E-state index in [1.165, 1.54) is 5.56 Å². The molecule has 1 saturated carbocycles. The summed E-state index contributed by atoms with van der Waals surface area (Å²) in [5, 5.41) is 5.79. The van der Waals surface area contributed by atoms with E-state index in [1.807, 2.05) is 57.2 Å². The Morgan fingerprint density at radius 1 is 1.00 bits per heavy atom. The lowest BCUT2D eigenvalue weighted by Gasteiger charge is -2.11. The van der Waals surface area contributed by atoms with Gasteiger partial charge in [-0.25, -0.2) is 0 Å². The van der Waals surface area contributed by atoms with Crippen LogP contribution in [0, 0.1) is 25.7 Å². The third kappa shape index (κ3) is 4.04. The number of anilines is 2. The van der Waals surface area contributed by atoms with Crippen LogP contribution in [0.5, 0.6) is 5.75 Å². The summed E-state index contributed by atoms with van der Waals surface area (Å²) in [7, 11) is 0. The zero-order valence-electron chi connectivity index (χ0n) is 15.3. The molecular formula is C21H24N2O3. The van der Waals surface area contributed by atoms with Crippen LogP contribution in [-0.2, 0) is 9.59 Å². The van der Waals surface area contributed by atoms with E-state index in [0.717, 1.165) is 11.3 Å². The van der Waals surface area contributed by atoms with Crippen LogP contribution in [-0.4, -0.2) is 18.4 Å². The molecule has 0 saturated heterocycles. The molecule has 1 aliphatic carbocycles. The maximum Gasteiger partial charge on any atom is 0.228 e. The largest absolute Gasteiger partial charge is 0.492 e. The lowest BCUT2D eigenvalue weighted by molar-refractivity contribution is -0.122. The third-order valence-electron chi connectivity index (χ3n) is 4.68. The normalized spacial score (nSPS) is 18.1. The second-order valence-electron chi connectivity index (χ2n) is 6.66. The number of hydrogen-bond acceptors (Lipinski definition) is 3. The maximum atomic E-state index is 12.5. The molecule has 0 aliphatic heterocycles. The van der Waals surface area contributed by atoms with Crippen LogP contribution in [0.15, 0.2) is 42.5 Å². The number of rotatable bonds is 6. The van der Waals surface area contributed by atoms with Crippen molar-refractivity contribution in [1.82, 2.24) is 0 Å². The zero-order valence-corrected chi connectivity index (χ0v) is 15.3. The Kier molecular flexibility index (Phi) is 5.26. The standard InChI is InChI=1S/C21H24N2O3/c1-4-26-19-8-6-5-7-18(19)23-21(25)17-12-16(17)20(24)22-15-10-9-13(2)14(3)11-15/h5-11,16-17H,4,12H2,1-3H3,(H,22,24)(H,23,25). The minimum atomic E-state index is -0.295. The van der Waals surface area contributed by atoms with Gasteiger partial charge in [0.25, 0.3) is 0 Å². The van der Waals surface area contributed by atoms with Crippen molar-refractivity contribution in [1.29, 1.82) is 0 Å². The molecule has 2 N–H and O–H groups in total. The molecule has 0 bridgehead atoms. The number of hydrogen-bond donors (Lipinski definition) is 2. The van der Waals surface area contributed by atoms with Crippen molar-refractivity contribution in [2.75, 3.05) is 17.2 Å². The van der Waals surface area contributed by atoms with Crippen molar-refractivity contribution in [2.45, 2.75) is 27.2 Å². The average molecular weight is 352 g/mol. The SMILES string of the molecule is CCOc1ccccc1NC(=O)C1CC1C(=O)Nc1ccc(C)c(C)c1. The van der Waals surface area contributed by atoms with E-state index in [1.54, 1.807) is 6.07 Å². The van der Waals surface area contributed by atoms with Crippen LogP contribution in [0.2, 0.25) is 0 Å². The van der Waals surface area contributed by atoms with Gasteiger partial charge in [0.15, 0.2) is 0 Å². The number of carbonyl (C=O) groups excluding carboxylic acids is 2. The molecule has 3 rings (SSSR count). The van der Waals surface area contributed by atoms with Crippen LogP contribution >= 0.6 is 0 Å². The van der Waals surface area contributed by atoms with E-state index < -0.39 is 0 Å². The highest BCUT2D eigenvalue weighted by molar-refractivity contribution is 6.03. The van der Waals surface area contributed by atoms with Crippen molar-refractivity contribution >= 4 is 23.2 Å². The van der Waals surface area contributed by atoms with Crippen LogP contribution in [0.3, 0.4) is 0 Å².